The second-order valence-corrected chi connectivity index (χ2v) is 6.56. The van der Waals surface area contributed by atoms with Gasteiger partial charge in [-0.25, -0.2) is 4.79 Å². The molecule has 8 heteroatoms. The van der Waals surface area contributed by atoms with E-state index in [2.05, 4.69) is 10.1 Å². The van der Waals surface area contributed by atoms with Gasteiger partial charge in [0.2, 0.25) is 11.8 Å². The molecule has 1 aliphatic rings. The predicted octanol–water partition coefficient (Wildman–Crippen LogP) is 1.73. The molecule has 3 heterocycles. The number of nitrogens with zero attached hydrogens (tertiary/aromatic N) is 4. The number of aromatic nitrogens is 3. The number of carbonyl (C=O) groups is 1. The number of para-hydroxylation sites is 2. The van der Waals surface area contributed by atoms with E-state index in [1.807, 2.05) is 13.8 Å². The van der Waals surface area contributed by atoms with Gasteiger partial charge in [0, 0.05) is 19.0 Å². The number of rotatable bonds is 4. The zero-order valence-electron chi connectivity index (χ0n) is 14.0. The van der Waals surface area contributed by atoms with E-state index in [-0.39, 0.29) is 24.3 Å². The largest absolute Gasteiger partial charge is 0.420 e. The normalized spacial score (nSPS) is 15.1. The highest BCUT2D eigenvalue weighted by Gasteiger charge is 2.36. The summed E-state index contributed by atoms with van der Waals surface area (Å²) >= 11 is 0. The lowest BCUT2D eigenvalue weighted by molar-refractivity contribution is -0.136. The average molecular weight is 342 g/mol. The minimum absolute atomic E-state index is 0.0381. The van der Waals surface area contributed by atoms with Crippen molar-refractivity contribution in [3.8, 4) is 0 Å². The molecule has 0 radical (unpaired) electrons. The maximum atomic E-state index is 12.4. The first kappa shape index (κ1) is 15.6. The topological polar surface area (TPSA) is 94.4 Å². The monoisotopic (exact) mass is 342 g/mol. The smallest absolute Gasteiger partial charge is 0.408 e. The summed E-state index contributed by atoms with van der Waals surface area (Å²) in [5.74, 6) is 0.854. The number of fused-ring (bicyclic) bond motifs is 1. The number of benzene rings is 1. The summed E-state index contributed by atoms with van der Waals surface area (Å²) in [4.78, 5) is 30.4. The van der Waals surface area contributed by atoms with Crippen molar-refractivity contribution >= 4 is 17.0 Å². The van der Waals surface area contributed by atoms with Crippen LogP contribution >= 0.6 is 0 Å². The highest BCUT2D eigenvalue weighted by Crippen LogP contribution is 2.27. The average Bonchev–Trinajstić information content (AvgIpc) is 3.12. The Balaban J connectivity index is 1.43. The lowest BCUT2D eigenvalue weighted by atomic mass is 10.00. The van der Waals surface area contributed by atoms with Crippen LogP contribution in [0.15, 0.2) is 38.0 Å². The molecule has 1 aromatic carbocycles. The van der Waals surface area contributed by atoms with Crippen LogP contribution in [0.5, 0.6) is 0 Å². The molecule has 0 saturated carbocycles. The fourth-order valence-electron chi connectivity index (χ4n) is 2.88. The van der Waals surface area contributed by atoms with Gasteiger partial charge in [0.1, 0.15) is 6.54 Å². The van der Waals surface area contributed by atoms with Crippen LogP contribution in [0.4, 0.5) is 0 Å². The van der Waals surface area contributed by atoms with E-state index >= 15 is 0 Å². The van der Waals surface area contributed by atoms with E-state index < -0.39 is 5.76 Å². The van der Waals surface area contributed by atoms with Crippen LogP contribution in [0.3, 0.4) is 0 Å². The molecule has 8 nitrogen and oxygen atoms in total. The van der Waals surface area contributed by atoms with E-state index in [9.17, 15) is 9.59 Å². The van der Waals surface area contributed by atoms with Gasteiger partial charge in [0.15, 0.2) is 11.4 Å². The van der Waals surface area contributed by atoms with Crippen LogP contribution in [-0.2, 0) is 11.3 Å². The molecule has 0 N–H and O–H groups in total. The molecular formula is C17H18N4O4. The number of carbonyl (C=O) groups excluding carboxylic acids is 1. The van der Waals surface area contributed by atoms with Gasteiger partial charge in [-0.3, -0.25) is 9.36 Å². The fraction of sp³-hybridized carbons (Fsp3) is 0.412. The molecule has 1 amide bonds. The number of hydrogen-bond acceptors (Lipinski definition) is 6. The van der Waals surface area contributed by atoms with Crippen LogP contribution in [0, 0.1) is 0 Å². The van der Waals surface area contributed by atoms with Gasteiger partial charge >= 0.3 is 5.76 Å². The minimum atomic E-state index is -0.523. The van der Waals surface area contributed by atoms with Crippen molar-refractivity contribution in [1.29, 1.82) is 0 Å². The molecule has 0 bridgehead atoms. The van der Waals surface area contributed by atoms with Crippen molar-refractivity contribution in [2.75, 3.05) is 13.1 Å². The number of likely N-dealkylation sites (tertiary alicyclic amines) is 1. The first-order valence-electron chi connectivity index (χ1n) is 8.22. The zero-order chi connectivity index (χ0) is 17.6. The van der Waals surface area contributed by atoms with E-state index in [4.69, 9.17) is 8.94 Å². The summed E-state index contributed by atoms with van der Waals surface area (Å²) in [6.07, 6.45) is 0. The molecular weight excluding hydrogens is 324 g/mol. The van der Waals surface area contributed by atoms with Gasteiger partial charge in [0.25, 0.3) is 0 Å². The van der Waals surface area contributed by atoms with Crippen LogP contribution < -0.4 is 5.76 Å². The Labute approximate surface area is 143 Å². The minimum Gasteiger partial charge on any atom is -0.408 e. The Morgan fingerprint density at radius 3 is 2.80 bits per heavy atom. The highest BCUT2D eigenvalue weighted by atomic mass is 16.5. The quantitative estimate of drug-likeness (QED) is 0.716. The van der Waals surface area contributed by atoms with Gasteiger partial charge in [-0.15, -0.1) is 0 Å². The Morgan fingerprint density at radius 2 is 2.08 bits per heavy atom. The summed E-state index contributed by atoms with van der Waals surface area (Å²) < 4.78 is 11.8. The standard InChI is InChI=1S/C17H18N4O4/c1-10(2)15-18-16(25-19-15)11-7-20(8-11)14(22)9-21-12-5-3-4-6-13(12)24-17(21)23/h3-6,10-11H,7-9H2,1-2H3. The Kier molecular flexibility index (Phi) is 3.67. The second kappa shape index (κ2) is 5.87. The summed E-state index contributed by atoms with van der Waals surface area (Å²) in [6.45, 7) is 4.99. The van der Waals surface area contributed by atoms with Gasteiger partial charge in [-0.1, -0.05) is 31.1 Å². The Bertz CT molecular complexity index is 978. The van der Waals surface area contributed by atoms with Crippen LogP contribution in [-0.4, -0.2) is 38.6 Å². The maximum Gasteiger partial charge on any atom is 0.420 e. The molecule has 4 rings (SSSR count). The predicted molar refractivity (Wildman–Crippen MR) is 88.2 cm³/mol. The lowest BCUT2D eigenvalue weighted by Crippen LogP contribution is -2.50. The molecule has 0 aliphatic carbocycles. The van der Waals surface area contributed by atoms with E-state index in [1.54, 1.807) is 29.2 Å². The van der Waals surface area contributed by atoms with Crippen LogP contribution in [0.1, 0.15) is 37.4 Å². The Morgan fingerprint density at radius 1 is 1.32 bits per heavy atom. The summed E-state index contributed by atoms with van der Waals surface area (Å²) in [7, 11) is 0. The van der Waals surface area contributed by atoms with Crippen molar-refractivity contribution < 1.29 is 13.7 Å². The third kappa shape index (κ3) is 2.73. The van der Waals surface area contributed by atoms with Gasteiger partial charge < -0.3 is 13.8 Å². The molecule has 25 heavy (non-hydrogen) atoms. The first-order chi connectivity index (χ1) is 12.0. The van der Waals surface area contributed by atoms with Crippen molar-refractivity contribution in [2.45, 2.75) is 32.2 Å². The summed E-state index contributed by atoms with van der Waals surface area (Å²) in [6, 6.07) is 7.06. The Hall–Kier alpha value is -2.90. The number of oxazole rings is 1. The lowest BCUT2D eigenvalue weighted by Gasteiger charge is -2.37. The van der Waals surface area contributed by atoms with Crippen LogP contribution in [0.25, 0.3) is 11.1 Å². The third-order valence-corrected chi connectivity index (χ3v) is 4.42. The van der Waals surface area contributed by atoms with Crippen molar-refractivity contribution in [1.82, 2.24) is 19.6 Å². The molecule has 1 fully saturated rings. The second-order valence-electron chi connectivity index (χ2n) is 6.56. The molecule has 2 aromatic heterocycles. The molecule has 1 aliphatic heterocycles. The van der Waals surface area contributed by atoms with Crippen molar-refractivity contribution in [3.63, 3.8) is 0 Å². The zero-order valence-corrected chi connectivity index (χ0v) is 14.0. The highest BCUT2D eigenvalue weighted by molar-refractivity contribution is 5.80. The summed E-state index contributed by atoms with van der Waals surface area (Å²) in [5, 5.41) is 3.95. The van der Waals surface area contributed by atoms with E-state index in [0.717, 1.165) is 0 Å². The molecule has 130 valence electrons. The molecule has 1 saturated heterocycles. The van der Waals surface area contributed by atoms with Gasteiger partial charge in [-0.2, -0.15) is 4.98 Å². The molecule has 0 atom stereocenters. The van der Waals surface area contributed by atoms with Crippen molar-refractivity contribution in [2.24, 2.45) is 0 Å². The third-order valence-electron chi connectivity index (χ3n) is 4.42. The SMILES string of the molecule is CC(C)c1noc(C2CN(C(=O)Cn3c(=O)oc4ccccc43)C2)n1. The molecule has 0 spiro atoms. The summed E-state index contributed by atoms with van der Waals surface area (Å²) in [5.41, 5.74) is 1.10. The van der Waals surface area contributed by atoms with E-state index in [1.165, 1.54) is 4.57 Å². The van der Waals surface area contributed by atoms with Gasteiger partial charge in [0.05, 0.1) is 11.4 Å². The molecule has 3 aromatic rings. The van der Waals surface area contributed by atoms with E-state index in [0.29, 0.717) is 35.9 Å². The van der Waals surface area contributed by atoms with Gasteiger partial charge in [-0.05, 0) is 12.1 Å². The maximum absolute atomic E-state index is 12.4. The first-order valence-corrected chi connectivity index (χ1v) is 8.22. The fourth-order valence-corrected chi connectivity index (χ4v) is 2.88. The van der Waals surface area contributed by atoms with Crippen molar-refractivity contribution in [3.05, 3.63) is 46.5 Å². The number of hydrogen-bond donors (Lipinski definition) is 0. The number of amides is 1. The van der Waals surface area contributed by atoms with Crippen LogP contribution in [0.2, 0.25) is 0 Å². The molecule has 0 unspecified atom stereocenters.